The van der Waals surface area contributed by atoms with E-state index in [0.29, 0.717) is 12.0 Å². The van der Waals surface area contributed by atoms with Gasteiger partial charge in [-0.25, -0.2) is 4.39 Å². The highest BCUT2D eigenvalue weighted by Gasteiger charge is 2.15. The second kappa shape index (κ2) is 7.59. The van der Waals surface area contributed by atoms with E-state index in [9.17, 15) is 19.1 Å². The van der Waals surface area contributed by atoms with Crippen LogP contribution in [-0.4, -0.2) is 29.6 Å². The summed E-state index contributed by atoms with van der Waals surface area (Å²) in [5.41, 5.74) is 0.664. The van der Waals surface area contributed by atoms with Gasteiger partial charge in [0.1, 0.15) is 5.82 Å². The standard InChI is InChI=1S/C14H19FN2O3/c1-3-4-11(18)8-16-13(19)14(20)17-10-6-5-9(2)12(15)7-10/h5-7,11,18H,3-4,8H2,1-2H3,(H,16,19)(H,17,20). The van der Waals surface area contributed by atoms with Crippen LogP contribution in [0.1, 0.15) is 25.3 Å². The highest BCUT2D eigenvalue weighted by molar-refractivity contribution is 6.39. The van der Waals surface area contributed by atoms with Crippen molar-refractivity contribution >= 4 is 17.5 Å². The second-order valence-electron chi connectivity index (χ2n) is 4.57. The molecular formula is C14H19FN2O3. The van der Waals surface area contributed by atoms with Gasteiger partial charge in [0.05, 0.1) is 6.10 Å². The van der Waals surface area contributed by atoms with Gasteiger partial charge in [-0.3, -0.25) is 9.59 Å². The van der Waals surface area contributed by atoms with Gasteiger partial charge >= 0.3 is 11.8 Å². The Balaban J connectivity index is 2.49. The molecule has 6 heteroatoms. The number of hydrogen-bond donors (Lipinski definition) is 3. The van der Waals surface area contributed by atoms with Crippen LogP contribution in [0.2, 0.25) is 0 Å². The maximum atomic E-state index is 13.3. The Morgan fingerprint density at radius 1 is 1.35 bits per heavy atom. The first kappa shape index (κ1) is 16.1. The minimum Gasteiger partial charge on any atom is -0.391 e. The molecule has 0 aliphatic heterocycles. The van der Waals surface area contributed by atoms with Crippen molar-refractivity contribution < 1.29 is 19.1 Å². The van der Waals surface area contributed by atoms with Gasteiger partial charge in [-0.15, -0.1) is 0 Å². The molecule has 1 aromatic rings. The van der Waals surface area contributed by atoms with Crippen LogP contribution in [0.4, 0.5) is 10.1 Å². The molecule has 0 bridgehead atoms. The van der Waals surface area contributed by atoms with E-state index in [1.165, 1.54) is 12.1 Å². The first-order chi connectivity index (χ1) is 9.43. The van der Waals surface area contributed by atoms with E-state index in [1.54, 1.807) is 6.92 Å². The van der Waals surface area contributed by atoms with E-state index >= 15 is 0 Å². The molecule has 0 aliphatic rings. The topological polar surface area (TPSA) is 78.4 Å². The van der Waals surface area contributed by atoms with Crippen LogP contribution in [0.5, 0.6) is 0 Å². The molecule has 1 atom stereocenters. The number of rotatable bonds is 5. The number of anilines is 1. The Bertz CT molecular complexity index is 491. The van der Waals surface area contributed by atoms with Gasteiger partial charge < -0.3 is 15.7 Å². The number of amides is 2. The van der Waals surface area contributed by atoms with Gasteiger partial charge in [0, 0.05) is 12.2 Å². The highest BCUT2D eigenvalue weighted by Crippen LogP contribution is 2.13. The van der Waals surface area contributed by atoms with E-state index in [4.69, 9.17) is 0 Å². The molecule has 0 radical (unpaired) electrons. The first-order valence-corrected chi connectivity index (χ1v) is 6.47. The minimum absolute atomic E-state index is 0.0162. The van der Waals surface area contributed by atoms with Crippen molar-refractivity contribution in [3.8, 4) is 0 Å². The summed E-state index contributed by atoms with van der Waals surface area (Å²) < 4.78 is 13.3. The molecule has 0 aromatic heterocycles. The van der Waals surface area contributed by atoms with Crippen molar-refractivity contribution in [1.29, 1.82) is 0 Å². The van der Waals surface area contributed by atoms with Crippen LogP contribution >= 0.6 is 0 Å². The fourth-order valence-electron chi connectivity index (χ4n) is 1.58. The van der Waals surface area contributed by atoms with Crippen molar-refractivity contribution in [3.63, 3.8) is 0 Å². The summed E-state index contributed by atoms with van der Waals surface area (Å²) in [5.74, 6) is -2.21. The summed E-state index contributed by atoms with van der Waals surface area (Å²) in [5, 5.41) is 14.1. The van der Waals surface area contributed by atoms with Crippen LogP contribution < -0.4 is 10.6 Å². The third-order valence-electron chi connectivity index (χ3n) is 2.76. The van der Waals surface area contributed by atoms with Gasteiger partial charge in [-0.05, 0) is 31.0 Å². The normalized spacial score (nSPS) is 11.8. The maximum absolute atomic E-state index is 13.3. The zero-order valence-corrected chi connectivity index (χ0v) is 11.6. The molecule has 0 saturated heterocycles. The lowest BCUT2D eigenvalue weighted by Crippen LogP contribution is -2.39. The third-order valence-corrected chi connectivity index (χ3v) is 2.76. The monoisotopic (exact) mass is 282 g/mol. The Labute approximate surface area is 117 Å². The molecular weight excluding hydrogens is 263 g/mol. The number of carbonyl (C=O) groups excluding carboxylic acids is 2. The van der Waals surface area contributed by atoms with Crippen molar-refractivity contribution in [2.45, 2.75) is 32.8 Å². The van der Waals surface area contributed by atoms with Crippen LogP contribution in [0.3, 0.4) is 0 Å². The van der Waals surface area contributed by atoms with Crippen molar-refractivity contribution in [2.24, 2.45) is 0 Å². The van der Waals surface area contributed by atoms with E-state index in [2.05, 4.69) is 10.6 Å². The maximum Gasteiger partial charge on any atom is 0.313 e. The molecule has 1 rings (SSSR count). The molecule has 0 spiro atoms. The molecule has 0 saturated carbocycles. The van der Waals surface area contributed by atoms with Gasteiger partial charge in [-0.1, -0.05) is 19.4 Å². The summed E-state index contributed by atoms with van der Waals surface area (Å²) in [6.45, 7) is 3.52. The molecule has 110 valence electrons. The SMILES string of the molecule is CCCC(O)CNC(=O)C(=O)Nc1ccc(C)c(F)c1. The Morgan fingerprint density at radius 2 is 2.05 bits per heavy atom. The van der Waals surface area contributed by atoms with Gasteiger partial charge in [0.2, 0.25) is 0 Å². The quantitative estimate of drug-likeness (QED) is 0.713. The molecule has 0 heterocycles. The molecule has 2 amide bonds. The number of hydrogen-bond acceptors (Lipinski definition) is 3. The smallest absolute Gasteiger partial charge is 0.313 e. The predicted octanol–water partition coefficient (Wildman–Crippen LogP) is 1.35. The number of aliphatic hydroxyl groups is 1. The summed E-state index contributed by atoms with van der Waals surface area (Å²) >= 11 is 0. The Morgan fingerprint density at radius 3 is 2.65 bits per heavy atom. The van der Waals surface area contributed by atoms with Crippen molar-refractivity contribution in [3.05, 3.63) is 29.6 Å². The largest absolute Gasteiger partial charge is 0.391 e. The highest BCUT2D eigenvalue weighted by atomic mass is 19.1. The van der Waals surface area contributed by atoms with E-state index in [1.807, 2.05) is 6.92 Å². The van der Waals surface area contributed by atoms with Crippen LogP contribution in [0, 0.1) is 12.7 Å². The molecule has 0 fully saturated rings. The minimum atomic E-state index is -0.892. The summed E-state index contributed by atoms with van der Waals surface area (Å²) in [4.78, 5) is 23.0. The lowest BCUT2D eigenvalue weighted by Gasteiger charge is -2.11. The predicted molar refractivity (Wildman–Crippen MR) is 73.7 cm³/mol. The third kappa shape index (κ3) is 4.97. The summed E-state index contributed by atoms with van der Waals surface area (Å²) in [7, 11) is 0. The number of carbonyl (C=O) groups is 2. The number of benzene rings is 1. The zero-order valence-electron chi connectivity index (χ0n) is 11.6. The average Bonchev–Trinajstić information content (AvgIpc) is 2.40. The Hall–Kier alpha value is -1.95. The van der Waals surface area contributed by atoms with Gasteiger partial charge in [0.15, 0.2) is 0 Å². The molecule has 1 aromatic carbocycles. The van der Waals surface area contributed by atoms with Gasteiger partial charge in [-0.2, -0.15) is 0 Å². The fraction of sp³-hybridized carbons (Fsp3) is 0.429. The molecule has 20 heavy (non-hydrogen) atoms. The van der Waals surface area contributed by atoms with Crippen molar-refractivity contribution in [2.75, 3.05) is 11.9 Å². The number of aliphatic hydroxyl groups excluding tert-OH is 1. The molecule has 3 N–H and O–H groups in total. The summed E-state index contributed by atoms with van der Waals surface area (Å²) in [6.07, 6.45) is 0.658. The second-order valence-corrected chi connectivity index (χ2v) is 4.57. The zero-order chi connectivity index (χ0) is 15.1. The fourth-order valence-corrected chi connectivity index (χ4v) is 1.58. The van der Waals surface area contributed by atoms with Crippen LogP contribution in [0.25, 0.3) is 0 Å². The van der Waals surface area contributed by atoms with E-state index < -0.39 is 23.7 Å². The first-order valence-electron chi connectivity index (χ1n) is 6.47. The van der Waals surface area contributed by atoms with Crippen LogP contribution in [-0.2, 0) is 9.59 Å². The van der Waals surface area contributed by atoms with Crippen LogP contribution in [0.15, 0.2) is 18.2 Å². The Kier molecular flexibility index (Phi) is 6.11. The molecule has 0 aliphatic carbocycles. The lowest BCUT2D eigenvalue weighted by molar-refractivity contribution is -0.136. The van der Waals surface area contributed by atoms with Gasteiger partial charge in [0.25, 0.3) is 0 Å². The average molecular weight is 282 g/mol. The summed E-state index contributed by atoms with van der Waals surface area (Å²) in [6, 6.07) is 4.16. The van der Waals surface area contributed by atoms with Crippen molar-refractivity contribution in [1.82, 2.24) is 5.32 Å². The van der Waals surface area contributed by atoms with E-state index in [-0.39, 0.29) is 12.2 Å². The molecule has 1 unspecified atom stereocenters. The molecule has 5 nitrogen and oxygen atoms in total. The number of halogens is 1. The lowest BCUT2D eigenvalue weighted by atomic mass is 10.2. The number of aryl methyl sites for hydroxylation is 1. The number of nitrogens with one attached hydrogen (secondary N) is 2. The van der Waals surface area contributed by atoms with E-state index in [0.717, 1.165) is 12.5 Å².